The third-order valence-corrected chi connectivity index (χ3v) is 3.43. The number of aliphatic hydroxyl groups excluding tert-OH is 1. The molecule has 1 unspecified atom stereocenters. The molecule has 0 bridgehead atoms. The van der Waals surface area contributed by atoms with Crippen LogP contribution >= 0.6 is 15.9 Å². The molecule has 1 saturated heterocycles. The number of amides is 1. The van der Waals surface area contributed by atoms with Crippen molar-refractivity contribution in [2.75, 3.05) is 18.6 Å². The molecule has 1 heterocycles. The van der Waals surface area contributed by atoms with E-state index in [0.29, 0.717) is 15.7 Å². The molecule has 1 aliphatic heterocycles. The molecule has 0 saturated carbocycles. The number of nitrogens with zero attached hydrogens (tertiary/aromatic N) is 1. The number of rotatable bonds is 2. The Hall–Kier alpha value is -1.40. The molecule has 5 nitrogen and oxygen atoms in total. The first-order valence-electron chi connectivity index (χ1n) is 5.39. The van der Waals surface area contributed by atoms with Crippen LogP contribution in [0.2, 0.25) is 0 Å². The Morgan fingerprint density at radius 1 is 1.56 bits per heavy atom. The van der Waals surface area contributed by atoms with Crippen molar-refractivity contribution in [1.29, 1.82) is 0 Å². The maximum Gasteiger partial charge on any atom is 0.337 e. The lowest BCUT2D eigenvalue weighted by Gasteiger charge is -2.18. The van der Waals surface area contributed by atoms with E-state index in [1.807, 2.05) is 0 Å². The zero-order valence-electron chi connectivity index (χ0n) is 9.72. The van der Waals surface area contributed by atoms with Crippen LogP contribution in [0.5, 0.6) is 0 Å². The predicted octanol–water partition coefficient (Wildman–Crippen LogP) is 1.33. The van der Waals surface area contributed by atoms with Crippen molar-refractivity contribution in [3.8, 4) is 0 Å². The Bertz CT molecular complexity index is 503. The molecule has 2 rings (SSSR count). The molecular weight excluding hydrogens is 302 g/mol. The van der Waals surface area contributed by atoms with E-state index in [-0.39, 0.29) is 18.9 Å². The zero-order valence-corrected chi connectivity index (χ0v) is 11.3. The van der Waals surface area contributed by atoms with Crippen LogP contribution in [0.1, 0.15) is 16.8 Å². The summed E-state index contributed by atoms with van der Waals surface area (Å²) >= 11 is 3.33. The van der Waals surface area contributed by atoms with E-state index >= 15 is 0 Å². The van der Waals surface area contributed by atoms with E-state index in [4.69, 9.17) is 0 Å². The number of carbonyl (C=O) groups is 2. The minimum atomic E-state index is -0.661. The van der Waals surface area contributed by atoms with Crippen LogP contribution in [0.3, 0.4) is 0 Å². The summed E-state index contributed by atoms with van der Waals surface area (Å²) in [6.07, 6.45) is -0.555. The number of benzene rings is 1. The highest BCUT2D eigenvalue weighted by atomic mass is 79.9. The number of carbonyl (C=O) groups excluding carboxylic acids is 2. The highest BCUT2D eigenvalue weighted by Crippen LogP contribution is 2.31. The highest BCUT2D eigenvalue weighted by molar-refractivity contribution is 9.10. The fourth-order valence-electron chi connectivity index (χ4n) is 1.89. The van der Waals surface area contributed by atoms with Gasteiger partial charge in [0.25, 0.3) is 0 Å². The molecule has 1 fully saturated rings. The fourth-order valence-corrected chi connectivity index (χ4v) is 2.35. The van der Waals surface area contributed by atoms with Gasteiger partial charge in [-0.05, 0) is 34.1 Å². The normalized spacial score (nSPS) is 19.2. The van der Waals surface area contributed by atoms with E-state index in [1.54, 1.807) is 18.2 Å². The molecule has 0 aromatic heterocycles. The van der Waals surface area contributed by atoms with Crippen LogP contribution in [0.25, 0.3) is 0 Å². The molecule has 0 radical (unpaired) electrons. The van der Waals surface area contributed by atoms with Crippen molar-refractivity contribution >= 4 is 33.5 Å². The second-order valence-corrected chi connectivity index (χ2v) is 4.87. The molecule has 1 aromatic rings. The topological polar surface area (TPSA) is 66.8 Å². The number of anilines is 1. The summed E-state index contributed by atoms with van der Waals surface area (Å²) in [6, 6.07) is 4.86. The average molecular weight is 314 g/mol. The Labute approximate surface area is 112 Å². The number of hydrogen-bond donors (Lipinski definition) is 1. The van der Waals surface area contributed by atoms with Crippen molar-refractivity contribution in [2.24, 2.45) is 0 Å². The van der Waals surface area contributed by atoms with Crippen molar-refractivity contribution in [1.82, 2.24) is 0 Å². The molecule has 96 valence electrons. The number of hydrogen-bond acceptors (Lipinski definition) is 4. The van der Waals surface area contributed by atoms with Crippen LogP contribution in [-0.2, 0) is 9.53 Å². The molecule has 1 aliphatic rings. The monoisotopic (exact) mass is 313 g/mol. The maximum atomic E-state index is 11.7. The molecule has 1 atom stereocenters. The van der Waals surface area contributed by atoms with Crippen molar-refractivity contribution in [2.45, 2.75) is 12.5 Å². The first-order valence-corrected chi connectivity index (χ1v) is 6.18. The molecule has 6 heteroatoms. The third-order valence-electron chi connectivity index (χ3n) is 2.76. The van der Waals surface area contributed by atoms with E-state index in [0.717, 1.165) is 0 Å². The molecular formula is C12H12BrNO4. The van der Waals surface area contributed by atoms with Crippen LogP contribution in [0, 0.1) is 0 Å². The van der Waals surface area contributed by atoms with Gasteiger partial charge >= 0.3 is 5.97 Å². The number of methoxy groups -OCH3 is 1. The van der Waals surface area contributed by atoms with Gasteiger partial charge in [-0.2, -0.15) is 0 Å². The molecule has 0 spiro atoms. The Morgan fingerprint density at radius 2 is 2.28 bits per heavy atom. The number of ether oxygens (including phenoxy) is 1. The molecule has 1 amide bonds. The standard InChI is InChI=1S/C12H12BrNO4/c1-18-12(17)7-2-3-9(13)10(4-7)14-6-8(15)5-11(14)16/h2-4,8,15H,5-6H2,1H3. The van der Waals surface area contributed by atoms with Gasteiger partial charge in [0.2, 0.25) is 5.91 Å². The SMILES string of the molecule is COC(=O)c1ccc(Br)c(N2CC(O)CC2=O)c1. The molecule has 0 aliphatic carbocycles. The summed E-state index contributed by atoms with van der Waals surface area (Å²) in [7, 11) is 1.30. The first-order chi connectivity index (χ1) is 8.52. The van der Waals surface area contributed by atoms with Gasteiger partial charge in [-0.15, -0.1) is 0 Å². The quantitative estimate of drug-likeness (QED) is 0.837. The predicted molar refractivity (Wildman–Crippen MR) is 68.5 cm³/mol. The molecule has 18 heavy (non-hydrogen) atoms. The number of halogens is 1. The lowest BCUT2D eigenvalue weighted by Crippen LogP contribution is -2.25. The van der Waals surface area contributed by atoms with Crippen molar-refractivity contribution in [3.05, 3.63) is 28.2 Å². The lowest BCUT2D eigenvalue weighted by atomic mass is 10.2. The number of esters is 1. The van der Waals surface area contributed by atoms with Crippen LogP contribution in [-0.4, -0.2) is 36.7 Å². The van der Waals surface area contributed by atoms with E-state index in [9.17, 15) is 14.7 Å². The van der Waals surface area contributed by atoms with Gasteiger partial charge in [0.1, 0.15) is 0 Å². The zero-order chi connectivity index (χ0) is 13.3. The minimum Gasteiger partial charge on any atom is -0.465 e. The minimum absolute atomic E-state index is 0.106. The van der Waals surface area contributed by atoms with Gasteiger partial charge in [0, 0.05) is 4.47 Å². The Balaban J connectivity index is 2.38. The Morgan fingerprint density at radius 3 is 2.83 bits per heavy atom. The van der Waals surface area contributed by atoms with Crippen molar-refractivity contribution in [3.63, 3.8) is 0 Å². The van der Waals surface area contributed by atoms with Gasteiger partial charge in [-0.25, -0.2) is 4.79 Å². The van der Waals surface area contributed by atoms with E-state index < -0.39 is 12.1 Å². The van der Waals surface area contributed by atoms with Gasteiger partial charge in [0.05, 0.1) is 37.4 Å². The maximum absolute atomic E-state index is 11.7. The first kappa shape index (κ1) is 13.0. The highest BCUT2D eigenvalue weighted by Gasteiger charge is 2.30. The van der Waals surface area contributed by atoms with Crippen LogP contribution in [0.4, 0.5) is 5.69 Å². The summed E-state index contributed by atoms with van der Waals surface area (Å²) in [5.74, 6) is -0.624. The van der Waals surface area contributed by atoms with Crippen molar-refractivity contribution < 1.29 is 19.4 Å². The van der Waals surface area contributed by atoms with Crippen LogP contribution in [0.15, 0.2) is 22.7 Å². The fraction of sp³-hybridized carbons (Fsp3) is 0.333. The summed E-state index contributed by atoms with van der Waals surface area (Å²) < 4.78 is 5.33. The number of β-amino-alcohol motifs (C(OH)–C–C–N with tert-alkyl or cyclic N) is 1. The lowest BCUT2D eigenvalue weighted by molar-refractivity contribution is -0.117. The average Bonchev–Trinajstić information content (AvgIpc) is 2.68. The smallest absolute Gasteiger partial charge is 0.337 e. The summed E-state index contributed by atoms with van der Waals surface area (Å²) in [4.78, 5) is 24.6. The summed E-state index contributed by atoms with van der Waals surface area (Å²) in [5, 5.41) is 9.48. The van der Waals surface area contributed by atoms with Gasteiger partial charge < -0.3 is 14.7 Å². The molecule has 1 aromatic carbocycles. The van der Waals surface area contributed by atoms with E-state index in [1.165, 1.54) is 12.0 Å². The second kappa shape index (κ2) is 5.07. The second-order valence-electron chi connectivity index (χ2n) is 4.02. The summed E-state index contributed by atoms with van der Waals surface area (Å²) in [6.45, 7) is 0.238. The van der Waals surface area contributed by atoms with Gasteiger partial charge in [0.15, 0.2) is 0 Å². The Kier molecular flexibility index (Phi) is 3.68. The number of aliphatic hydroxyl groups is 1. The molecule has 1 N–H and O–H groups in total. The summed E-state index contributed by atoms with van der Waals surface area (Å²) in [5.41, 5.74) is 0.935. The van der Waals surface area contributed by atoms with Gasteiger partial charge in [-0.1, -0.05) is 0 Å². The van der Waals surface area contributed by atoms with E-state index in [2.05, 4.69) is 20.7 Å². The third kappa shape index (κ3) is 2.39. The largest absolute Gasteiger partial charge is 0.465 e. The van der Waals surface area contributed by atoms with Crippen LogP contribution < -0.4 is 4.90 Å². The van der Waals surface area contributed by atoms with Gasteiger partial charge in [-0.3, -0.25) is 4.79 Å².